The van der Waals surface area contributed by atoms with E-state index in [1.807, 2.05) is 31.2 Å². The molecule has 35 heavy (non-hydrogen) atoms. The first-order valence-electron chi connectivity index (χ1n) is 10.5. The number of nitrogens with zero attached hydrogens (tertiary/aromatic N) is 1. The van der Waals surface area contributed by atoms with Crippen molar-refractivity contribution in [3.8, 4) is 11.5 Å². The van der Waals surface area contributed by atoms with E-state index in [-0.39, 0.29) is 22.0 Å². The Balaban J connectivity index is 1.56. The summed E-state index contributed by atoms with van der Waals surface area (Å²) in [4.78, 5) is 26.5. The lowest BCUT2D eigenvalue weighted by Gasteiger charge is -2.15. The molecular formula is C26H20Cl2FNO4S. The quantitative estimate of drug-likeness (QED) is 0.300. The number of amides is 2. The molecule has 3 aromatic carbocycles. The van der Waals surface area contributed by atoms with Gasteiger partial charge in [0.05, 0.1) is 23.6 Å². The van der Waals surface area contributed by atoms with Crippen LogP contribution in [0.5, 0.6) is 11.5 Å². The van der Waals surface area contributed by atoms with Crippen molar-refractivity contribution in [1.29, 1.82) is 0 Å². The van der Waals surface area contributed by atoms with E-state index in [0.717, 1.165) is 27.8 Å². The molecular weight excluding hydrogens is 512 g/mol. The second-order valence-electron chi connectivity index (χ2n) is 7.72. The number of rotatable bonds is 7. The van der Waals surface area contributed by atoms with Crippen LogP contribution in [0.2, 0.25) is 10.0 Å². The summed E-state index contributed by atoms with van der Waals surface area (Å²) in [6, 6.07) is 15.3. The first-order valence-corrected chi connectivity index (χ1v) is 12.1. The lowest BCUT2D eigenvalue weighted by atomic mass is 10.1. The van der Waals surface area contributed by atoms with Crippen LogP contribution in [0, 0.1) is 12.7 Å². The second kappa shape index (κ2) is 10.7. The average Bonchev–Trinajstić information content (AvgIpc) is 3.08. The monoisotopic (exact) mass is 531 g/mol. The summed E-state index contributed by atoms with van der Waals surface area (Å²) in [5.74, 6) is -0.376. The van der Waals surface area contributed by atoms with Gasteiger partial charge in [0.2, 0.25) is 0 Å². The van der Waals surface area contributed by atoms with Crippen LogP contribution in [-0.2, 0) is 17.9 Å². The summed E-state index contributed by atoms with van der Waals surface area (Å²) >= 11 is 13.3. The second-order valence-corrected chi connectivity index (χ2v) is 9.52. The van der Waals surface area contributed by atoms with Crippen molar-refractivity contribution < 1.29 is 23.5 Å². The maximum atomic E-state index is 14.2. The number of carbonyl (C=O) groups excluding carboxylic acids is 2. The molecule has 1 heterocycles. The number of ether oxygens (including phenoxy) is 2. The van der Waals surface area contributed by atoms with Crippen molar-refractivity contribution in [2.24, 2.45) is 0 Å². The molecule has 1 aliphatic heterocycles. The highest BCUT2D eigenvalue weighted by molar-refractivity contribution is 8.18. The number of benzene rings is 3. The van der Waals surface area contributed by atoms with Gasteiger partial charge >= 0.3 is 0 Å². The number of hydrogen-bond acceptors (Lipinski definition) is 5. The molecule has 0 saturated carbocycles. The van der Waals surface area contributed by atoms with Crippen LogP contribution in [0.1, 0.15) is 22.3 Å². The summed E-state index contributed by atoms with van der Waals surface area (Å²) in [5.41, 5.74) is 2.73. The Morgan fingerprint density at radius 2 is 1.83 bits per heavy atom. The lowest BCUT2D eigenvalue weighted by molar-refractivity contribution is -0.123. The van der Waals surface area contributed by atoms with Gasteiger partial charge in [0.15, 0.2) is 11.5 Å². The molecule has 1 aliphatic rings. The SMILES string of the molecule is COc1cc(/C=C2\SC(=O)N(Cc3c(F)cccc3Cl)C2=O)cc(Cl)c1OCc1ccccc1C. The molecule has 0 N–H and O–H groups in total. The smallest absolute Gasteiger partial charge is 0.293 e. The highest BCUT2D eigenvalue weighted by Gasteiger charge is 2.36. The molecule has 0 spiro atoms. The van der Waals surface area contributed by atoms with E-state index >= 15 is 0 Å². The molecule has 5 nitrogen and oxygen atoms in total. The molecule has 3 aromatic rings. The third-order valence-electron chi connectivity index (χ3n) is 5.43. The van der Waals surface area contributed by atoms with Gasteiger partial charge in [-0.3, -0.25) is 14.5 Å². The molecule has 2 amide bonds. The normalized spacial score (nSPS) is 14.7. The Labute approximate surface area is 216 Å². The summed E-state index contributed by atoms with van der Waals surface area (Å²) in [6.45, 7) is 2.04. The fourth-order valence-electron chi connectivity index (χ4n) is 3.51. The van der Waals surface area contributed by atoms with E-state index in [4.69, 9.17) is 32.7 Å². The molecule has 4 rings (SSSR count). The zero-order chi connectivity index (χ0) is 25.1. The third-order valence-corrected chi connectivity index (χ3v) is 6.98. The van der Waals surface area contributed by atoms with E-state index in [1.165, 1.54) is 31.4 Å². The summed E-state index contributed by atoms with van der Waals surface area (Å²) in [5, 5.41) is -0.0794. The molecule has 0 aliphatic carbocycles. The van der Waals surface area contributed by atoms with Crippen LogP contribution >= 0.6 is 35.0 Å². The highest BCUT2D eigenvalue weighted by Crippen LogP contribution is 2.40. The molecule has 1 fully saturated rings. The van der Waals surface area contributed by atoms with Gasteiger partial charge in [-0.05, 0) is 65.7 Å². The molecule has 9 heteroatoms. The van der Waals surface area contributed by atoms with Crippen molar-refractivity contribution in [2.75, 3.05) is 7.11 Å². The fraction of sp³-hybridized carbons (Fsp3) is 0.154. The summed E-state index contributed by atoms with van der Waals surface area (Å²) in [7, 11) is 1.49. The lowest BCUT2D eigenvalue weighted by Crippen LogP contribution is -2.28. The van der Waals surface area contributed by atoms with Gasteiger partial charge in [-0.2, -0.15) is 0 Å². The van der Waals surface area contributed by atoms with E-state index in [1.54, 1.807) is 12.1 Å². The number of aryl methyl sites for hydroxylation is 1. The number of halogens is 3. The first kappa shape index (κ1) is 25.1. The topological polar surface area (TPSA) is 55.8 Å². The van der Waals surface area contributed by atoms with Crippen LogP contribution in [0.3, 0.4) is 0 Å². The summed E-state index contributed by atoms with van der Waals surface area (Å²) < 4.78 is 25.6. The van der Waals surface area contributed by atoms with Crippen LogP contribution in [0.15, 0.2) is 59.5 Å². The number of methoxy groups -OCH3 is 1. The van der Waals surface area contributed by atoms with Crippen LogP contribution < -0.4 is 9.47 Å². The van der Waals surface area contributed by atoms with Crippen LogP contribution in [-0.4, -0.2) is 23.2 Å². The van der Waals surface area contributed by atoms with Gasteiger partial charge in [-0.15, -0.1) is 0 Å². The minimum Gasteiger partial charge on any atom is -0.493 e. The maximum absolute atomic E-state index is 14.2. The standard InChI is InChI=1S/C26H20Cl2FNO4S/c1-15-6-3-4-7-17(15)14-34-24-20(28)10-16(11-22(24)33-2)12-23-25(31)30(26(32)35-23)13-18-19(27)8-5-9-21(18)29/h3-12H,13-14H2,1-2H3/b23-12-. The van der Waals surface area contributed by atoms with Crippen molar-refractivity contribution in [3.63, 3.8) is 0 Å². The van der Waals surface area contributed by atoms with Crippen molar-refractivity contribution >= 4 is 52.2 Å². The predicted octanol–water partition coefficient (Wildman–Crippen LogP) is 7.27. The molecule has 180 valence electrons. The van der Waals surface area contributed by atoms with Crippen molar-refractivity contribution in [2.45, 2.75) is 20.1 Å². The Morgan fingerprint density at radius 3 is 2.54 bits per heavy atom. The van der Waals surface area contributed by atoms with E-state index < -0.39 is 17.0 Å². The van der Waals surface area contributed by atoms with E-state index in [9.17, 15) is 14.0 Å². The number of thioether (sulfide) groups is 1. The maximum Gasteiger partial charge on any atom is 0.293 e. The van der Waals surface area contributed by atoms with E-state index in [2.05, 4.69) is 0 Å². The minimum absolute atomic E-state index is 0.0811. The van der Waals surface area contributed by atoms with Gasteiger partial charge in [-0.25, -0.2) is 4.39 Å². The highest BCUT2D eigenvalue weighted by atomic mass is 35.5. The number of imide groups is 1. The molecule has 0 bridgehead atoms. The van der Waals surface area contributed by atoms with E-state index in [0.29, 0.717) is 28.7 Å². The Hall–Kier alpha value is -3.00. The minimum atomic E-state index is -0.585. The van der Waals surface area contributed by atoms with Crippen molar-refractivity contribution in [1.82, 2.24) is 4.90 Å². The molecule has 1 saturated heterocycles. The van der Waals surface area contributed by atoms with Gasteiger partial charge < -0.3 is 9.47 Å². The molecule has 0 atom stereocenters. The summed E-state index contributed by atoms with van der Waals surface area (Å²) in [6.07, 6.45) is 1.54. The van der Waals surface area contributed by atoms with Gasteiger partial charge in [0.25, 0.3) is 11.1 Å². The first-order chi connectivity index (χ1) is 16.8. The molecule has 0 aromatic heterocycles. The van der Waals surface area contributed by atoms with Crippen molar-refractivity contribution in [3.05, 3.63) is 97.6 Å². The third kappa shape index (κ3) is 5.48. The van der Waals surface area contributed by atoms with Gasteiger partial charge in [-0.1, -0.05) is 53.5 Å². The van der Waals surface area contributed by atoms with Crippen LogP contribution in [0.4, 0.5) is 9.18 Å². The molecule has 0 unspecified atom stereocenters. The Bertz CT molecular complexity index is 1320. The number of carbonyl (C=O) groups is 2. The number of hydrogen-bond donors (Lipinski definition) is 0. The largest absolute Gasteiger partial charge is 0.493 e. The zero-order valence-electron chi connectivity index (χ0n) is 18.8. The van der Waals surface area contributed by atoms with Crippen LogP contribution in [0.25, 0.3) is 6.08 Å². The zero-order valence-corrected chi connectivity index (χ0v) is 21.1. The molecule has 0 radical (unpaired) electrons. The predicted molar refractivity (Wildman–Crippen MR) is 136 cm³/mol. The Kier molecular flexibility index (Phi) is 7.69. The Morgan fingerprint density at radius 1 is 1.06 bits per heavy atom. The average molecular weight is 532 g/mol. The van der Waals surface area contributed by atoms with Gasteiger partial charge in [0, 0.05) is 10.6 Å². The van der Waals surface area contributed by atoms with Gasteiger partial charge in [0.1, 0.15) is 12.4 Å². The fourth-order valence-corrected chi connectivity index (χ4v) is 4.85.